The molecule has 0 atom stereocenters. The summed E-state index contributed by atoms with van der Waals surface area (Å²) in [4.78, 5) is 26.1. The molecule has 138 valence electrons. The van der Waals surface area contributed by atoms with Crippen LogP contribution in [0.5, 0.6) is 0 Å². The third kappa shape index (κ3) is 1.84. The molecule has 0 unspecified atom stereocenters. The van der Waals surface area contributed by atoms with Gasteiger partial charge >= 0.3 is 0 Å². The van der Waals surface area contributed by atoms with Crippen LogP contribution in [0.1, 0.15) is 0 Å². The van der Waals surface area contributed by atoms with Crippen molar-refractivity contribution in [3.63, 3.8) is 0 Å². The van der Waals surface area contributed by atoms with Crippen molar-refractivity contribution in [2.45, 2.75) is 0 Å². The van der Waals surface area contributed by atoms with Gasteiger partial charge in [0.15, 0.2) is 10.9 Å². The molecule has 0 aliphatic heterocycles. The van der Waals surface area contributed by atoms with E-state index in [-0.39, 0.29) is 10.9 Å². The molecule has 0 saturated heterocycles. The average molecular weight is 382 g/mol. The van der Waals surface area contributed by atoms with Crippen LogP contribution in [0, 0.1) is 0 Å². The minimum absolute atomic E-state index is 0.0853. The standard InChI is InChI=1S/C28H14O2/c29-27-21-7-3-2-6-19(21)24-13-17-12-23-15(11-16(17)14-25(24)27)9-10-20-18-5-1-4-8-22(18)28(30)26(20)23/h1-14H. The summed E-state index contributed by atoms with van der Waals surface area (Å²) in [5.41, 5.74) is 0.175. The Morgan fingerprint density at radius 2 is 0.933 bits per heavy atom. The van der Waals surface area contributed by atoms with Gasteiger partial charge in [-0.25, -0.2) is 0 Å². The van der Waals surface area contributed by atoms with Gasteiger partial charge in [0, 0.05) is 21.5 Å². The molecule has 0 saturated carbocycles. The lowest BCUT2D eigenvalue weighted by atomic mass is 9.98. The molecule has 0 spiro atoms. The normalized spacial score (nSPS) is 12.3. The van der Waals surface area contributed by atoms with Crippen LogP contribution in [0.2, 0.25) is 0 Å². The zero-order chi connectivity index (χ0) is 20.0. The summed E-state index contributed by atoms with van der Waals surface area (Å²) in [5, 5.41) is 11.1. The Bertz CT molecular complexity index is 1930. The zero-order valence-corrected chi connectivity index (χ0v) is 15.9. The summed E-state index contributed by atoms with van der Waals surface area (Å²) in [6.45, 7) is 0. The molecule has 30 heavy (non-hydrogen) atoms. The maximum Gasteiger partial charge on any atom is 0.194 e. The fourth-order valence-electron chi connectivity index (χ4n) is 5.11. The van der Waals surface area contributed by atoms with Gasteiger partial charge < -0.3 is 0 Å². The fourth-order valence-corrected chi connectivity index (χ4v) is 5.11. The molecular formula is C28H14O2. The Balaban J connectivity index is 1.70. The maximum atomic E-state index is 13.2. The first kappa shape index (κ1) is 15.8. The summed E-state index contributed by atoms with van der Waals surface area (Å²) in [6, 6.07) is 28.0. The van der Waals surface area contributed by atoms with Crippen molar-refractivity contribution >= 4 is 64.6 Å². The molecule has 2 nitrogen and oxygen atoms in total. The van der Waals surface area contributed by atoms with Gasteiger partial charge in [-0.15, -0.1) is 0 Å². The summed E-state index contributed by atoms with van der Waals surface area (Å²) in [7, 11) is 0. The molecular weight excluding hydrogens is 368 g/mol. The number of rotatable bonds is 0. The van der Waals surface area contributed by atoms with E-state index in [4.69, 9.17) is 0 Å². The predicted molar refractivity (Wildman–Crippen MR) is 126 cm³/mol. The van der Waals surface area contributed by atoms with Crippen LogP contribution in [-0.2, 0) is 0 Å². The van der Waals surface area contributed by atoms with Crippen LogP contribution in [0.15, 0.2) is 94.5 Å². The lowest BCUT2D eigenvalue weighted by Crippen LogP contribution is -1.95. The van der Waals surface area contributed by atoms with E-state index in [2.05, 4.69) is 24.3 Å². The van der Waals surface area contributed by atoms with E-state index in [1.165, 1.54) is 0 Å². The van der Waals surface area contributed by atoms with Crippen molar-refractivity contribution < 1.29 is 0 Å². The highest BCUT2D eigenvalue weighted by atomic mass is 16.1. The predicted octanol–water partition coefficient (Wildman–Crippen LogP) is 6.20. The molecule has 0 aliphatic rings. The second-order valence-corrected chi connectivity index (χ2v) is 8.06. The first-order chi connectivity index (χ1) is 14.7. The van der Waals surface area contributed by atoms with Crippen LogP contribution in [0.3, 0.4) is 0 Å². The Kier molecular flexibility index (Phi) is 2.80. The van der Waals surface area contributed by atoms with Gasteiger partial charge in [0.05, 0.1) is 0 Å². The topological polar surface area (TPSA) is 34.1 Å². The molecule has 7 aromatic carbocycles. The highest BCUT2D eigenvalue weighted by Crippen LogP contribution is 2.35. The maximum absolute atomic E-state index is 13.2. The highest BCUT2D eigenvalue weighted by molar-refractivity contribution is 6.23. The molecule has 0 bridgehead atoms. The number of hydrogen-bond donors (Lipinski definition) is 0. The summed E-state index contributed by atoms with van der Waals surface area (Å²) in [6.07, 6.45) is 0. The Labute approximate surface area is 170 Å². The fraction of sp³-hybridized carbons (Fsp3) is 0. The van der Waals surface area contributed by atoms with Crippen molar-refractivity contribution in [2.24, 2.45) is 0 Å². The average Bonchev–Trinajstić information content (AvgIpc) is 3.23. The van der Waals surface area contributed by atoms with Crippen molar-refractivity contribution in [3.05, 3.63) is 105 Å². The molecule has 0 aromatic heterocycles. The molecule has 0 fully saturated rings. The van der Waals surface area contributed by atoms with Crippen molar-refractivity contribution in [2.75, 3.05) is 0 Å². The second-order valence-electron chi connectivity index (χ2n) is 8.06. The van der Waals surface area contributed by atoms with Crippen LogP contribution < -0.4 is 10.9 Å². The third-order valence-electron chi connectivity index (χ3n) is 6.51. The summed E-state index contributed by atoms with van der Waals surface area (Å²) >= 11 is 0. The van der Waals surface area contributed by atoms with Gasteiger partial charge in [-0.2, -0.15) is 0 Å². The zero-order valence-electron chi connectivity index (χ0n) is 15.9. The summed E-state index contributed by atoms with van der Waals surface area (Å²) < 4.78 is 0. The molecule has 0 aliphatic carbocycles. The van der Waals surface area contributed by atoms with Gasteiger partial charge in [-0.1, -0.05) is 60.7 Å². The number of hydrogen-bond acceptors (Lipinski definition) is 2. The largest absolute Gasteiger partial charge is 0.289 e. The third-order valence-corrected chi connectivity index (χ3v) is 6.51. The quantitative estimate of drug-likeness (QED) is 0.293. The molecule has 7 rings (SSSR count). The SMILES string of the molecule is O=c1c2ccccc2c2cc3cc4c(ccc5c6ccccc6c(=O)c45)cc3cc12. The highest BCUT2D eigenvalue weighted by Gasteiger charge is 2.15. The van der Waals surface area contributed by atoms with Crippen LogP contribution in [0.25, 0.3) is 64.6 Å². The Morgan fingerprint density at radius 3 is 1.70 bits per heavy atom. The van der Waals surface area contributed by atoms with Gasteiger partial charge in [0.2, 0.25) is 0 Å². The minimum Gasteiger partial charge on any atom is -0.289 e. The number of fused-ring (bicyclic) bond motifs is 9. The van der Waals surface area contributed by atoms with E-state index < -0.39 is 0 Å². The molecule has 0 amide bonds. The van der Waals surface area contributed by atoms with E-state index >= 15 is 0 Å². The molecule has 2 heteroatoms. The molecule has 7 aromatic rings. The van der Waals surface area contributed by atoms with Crippen molar-refractivity contribution in [1.29, 1.82) is 0 Å². The van der Waals surface area contributed by atoms with E-state index in [0.717, 1.165) is 64.6 Å². The number of benzene rings is 5. The lowest BCUT2D eigenvalue weighted by Gasteiger charge is -2.05. The lowest BCUT2D eigenvalue weighted by molar-refractivity contribution is 1.80. The molecule has 0 radical (unpaired) electrons. The molecule has 0 N–H and O–H groups in total. The van der Waals surface area contributed by atoms with Gasteiger partial charge in [-0.3, -0.25) is 9.59 Å². The second kappa shape index (κ2) is 5.31. The van der Waals surface area contributed by atoms with Crippen LogP contribution in [-0.4, -0.2) is 0 Å². The van der Waals surface area contributed by atoms with Crippen LogP contribution >= 0.6 is 0 Å². The first-order valence-electron chi connectivity index (χ1n) is 10.0. The van der Waals surface area contributed by atoms with Gasteiger partial charge in [0.1, 0.15) is 0 Å². The molecule has 0 heterocycles. The van der Waals surface area contributed by atoms with Crippen LogP contribution in [0.4, 0.5) is 0 Å². The van der Waals surface area contributed by atoms with E-state index in [1.807, 2.05) is 60.7 Å². The van der Waals surface area contributed by atoms with Gasteiger partial charge in [0.25, 0.3) is 0 Å². The van der Waals surface area contributed by atoms with Crippen molar-refractivity contribution in [1.82, 2.24) is 0 Å². The minimum atomic E-state index is 0.0853. The Morgan fingerprint density at radius 1 is 0.367 bits per heavy atom. The van der Waals surface area contributed by atoms with E-state index in [1.54, 1.807) is 0 Å². The monoisotopic (exact) mass is 382 g/mol. The first-order valence-corrected chi connectivity index (χ1v) is 10.0. The van der Waals surface area contributed by atoms with Crippen molar-refractivity contribution in [3.8, 4) is 0 Å². The van der Waals surface area contributed by atoms with Gasteiger partial charge in [-0.05, 0) is 67.4 Å². The smallest absolute Gasteiger partial charge is 0.194 e. The van der Waals surface area contributed by atoms with E-state index in [9.17, 15) is 9.59 Å². The van der Waals surface area contributed by atoms with E-state index in [0.29, 0.717) is 0 Å². The Hall–Kier alpha value is -4.04. The summed E-state index contributed by atoms with van der Waals surface area (Å²) in [5.74, 6) is 0.